The summed E-state index contributed by atoms with van der Waals surface area (Å²) in [5.74, 6) is -0.724. The Morgan fingerprint density at radius 1 is 1.32 bits per heavy atom. The van der Waals surface area contributed by atoms with Crippen molar-refractivity contribution in [3.05, 3.63) is 48.2 Å². The Morgan fingerprint density at radius 2 is 2.05 bits per heavy atom. The number of rotatable bonds is 4. The van der Waals surface area contributed by atoms with E-state index in [2.05, 4.69) is 4.98 Å². The summed E-state index contributed by atoms with van der Waals surface area (Å²) in [5, 5.41) is 0.835. The number of H-pyrrole nitrogens is 1. The first-order valence-electron chi connectivity index (χ1n) is 6.07. The van der Waals surface area contributed by atoms with E-state index in [1.165, 1.54) is 6.08 Å². The molecule has 0 spiro atoms. The summed E-state index contributed by atoms with van der Waals surface area (Å²) in [4.78, 5) is 26.6. The molecule has 0 radical (unpaired) electrons. The number of fused-ring (bicyclic) bond motifs is 1. The summed E-state index contributed by atoms with van der Waals surface area (Å²) in [5.41, 5.74) is 1.43. The van der Waals surface area contributed by atoms with Crippen LogP contribution in [-0.2, 0) is 9.53 Å². The van der Waals surface area contributed by atoms with Crippen molar-refractivity contribution >= 4 is 22.7 Å². The van der Waals surface area contributed by atoms with Crippen LogP contribution in [0.2, 0.25) is 0 Å². The molecule has 0 saturated carbocycles. The van der Waals surface area contributed by atoms with Crippen molar-refractivity contribution in [2.45, 2.75) is 20.0 Å². The monoisotopic (exact) mass is 257 g/mol. The average Bonchev–Trinajstić information content (AvgIpc) is 2.81. The lowest BCUT2D eigenvalue weighted by Crippen LogP contribution is -2.23. The predicted octanol–water partition coefficient (Wildman–Crippen LogP) is 2.86. The quantitative estimate of drug-likeness (QED) is 0.520. The number of benzene rings is 1. The molecular formula is C15H15NO3. The number of para-hydroxylation sites is 1. The van der Waals surface area contributed by atoms with Crippen molar-refractivity contribution in [2.75, 3.05) is 0 Å². The van der Waals surface area contributed by atoms with Gasteiger partial charge in [0.25, 0.3) is 0 Å². The molecule has 19 heavy (non-hydrogen) atoms. The molecule has 0 fully saturated rings. The number of carbonyl (C=O) groups is 2. The van der Waals surface area contributed by atoms with E-state index >= 15 is 0 Å². The number of Topliss-reactive ketones (excluding diaryl/α,β-unsaturated/α-hetero) is 1. The number of carbonyl (C=O) groups excluding carboxylic acids is 2. The highest BCUT2D eigenvalue weighted by molar-refractivity contribution is 6.10. The third-order valence-corrected chi connectivity index (χ3v) is 2.82. The first-order valence-corrected chi connectivity index (χ1v) is 6.07. The van der Waals surface area contributed by atoms with Gasteiger partial charge in [0.15, 0.2) is 6.10 Å². The van der Waals surface area contributed by atoms with E-state index in [1.54, 1.807) is 26.1 Å². The van der Waals surface area contributed by atoms with Gasteiger partial charge in [0.05, 0.1) is 0 Å². The zero-order valence-electron chi connectivity index (χ0n) is 10.8. The Labute approximate surface area is 111 Å². The van der Waals surface area contributed by atoms with Crippen molar-refractivity contribution < 1.29 is 14.3 Å². The van der Waals surface area contributed by atoms with Crippen LogP contribution in [0.5, 0.6) is 0 Å². The van der Waals surface area contributed by atoms with Crippen LogP contribution >= 0.6 is 0 Å². The van der Waals surface area contributed by atoms with E-state index in [-0.39, 0.29) is 5.78 Å². The van der Waals surface area contributed by atoms with Crippen molar-refractivity contribution in [1.29, 1.82) is 0 Å². The molecule has 0 bridgehead atoms. The number of ether oxygens (including phenoxy) is 1. The van der Waals surface area contributed by atoms with Crippen LogP contribution in [0.15, 0.2) is 42.6 Å². The molecule has 1 aromatic heterocycles. The van der Waals surface area contributed by atoms with E-state index in [0.29, 0.717) is 5.56 Å². The van der Waals surface area contributed by atoms with Gasteiger partial charge in [0, 0.05) is 28.7 Å². The first-order chi connectivity index (χ1) is 9.13. The van der Waals surface area contributed by atoms with Crippen LogP contribution < -0.4 is 0 Å². The second-order valence-electron chi connectivity index (χ2n) is 4.19. The molecule has 2 rings (SSSR count). The van der Waals surface area contributed by atoms with E-state index in [4.69, 9.17) is 4.74 Å². The number of esters is 1. The standard InChI is InChI=1S/C15H15NO3/c1-3-6-14(17)19-10(2)15(18)12-9-16-13-8-5-4-7-11(12)13/h3-10,16H,1-2H3/b6-3+/t10-/m0/s1. The summed E-state index contributed by atoms with van der Waals surface area (Å²) in [6.07, 6.45) is 3.71. The minimum absolute atomic E-state index is 0.213. The van der Waals surface area contributed by atoms with Crippen LogP contribution in [0.4, 0.5) is 0 Å². The highest BCUT2D eigenvalue weighted by Gasteiger charge is 2.21. The fraction of sp³-hybridized carbons (Fsp3) is 0.200. The summed E-state index contributed by atoms with van der Waals surface area (Å²) in [7, 11) is 0. The molecule has 0 unspecified atom stereocenters. The molecule has 1 N–H and O–H groups in total. The predicted molar refractivity (Wildman–Crippen MR) is 73.0 cm³/mol. The van der Waals surface area contributed by atoms with Gasteiger partial charge in [0.1, 0.15) is 0 Å². The average molecular weight is 257 g/mol. The number of aromatic amines is 1. The van der Waals surface area contributed by atoms with Crippen LogP contribution in [-0.4, -0.2) is 22.8 Å². The SMILES string of the molecule is C/C=C/C(=O)O[C@@H](C)C(=O)c1c[nH]c2ccccc12. The molecule has 1 aromatic carbocycles. The van der Waals surface area contributed by atoms with Gasteiger partial charge in [-0.1, -0.05) is 24.3 Å². The molecular weight excluding hydrogens is 242 g/mol. The van der Waals surface area contributed by atoms with Crippen LogP contribution in [0.3, 0.4) is 0 Å². The molecule has 4 heteroatoms. The Hall–Kier alpha value is -2.36. The Balaban J connectivity index is 2.22. The van der Waals surface area contributed by atoms with Gasteiger partial charge in [-0.05, 0) is 19.9 Å². The molecule has 4 nitrogen and oxygen atoms in total. The highest BCUT2D eigenvalue weighted by atomic mass is 16.5. The molecule has 1 atom stereocenters. The number of hydrogen-bond acceptors (Lipinski definition) is 3. The molecule has 1 heterocycles. The largest absolute Gasteiger partial charge is 0.451 e. The number of hydrogen-bond donors (Lipinski definition) is 1. The maximum atomic E-state index is 12.2. The second kappa shape index (κ2) is 5.52. The van der Waals surface area contributed by atoms with Gasteiger partial charge in [-0.25, -0.2) is 4.79 Å². The summed E-state index contributed by atoms with van der Waals surface area (Å²) in [6, 6.07) is 7.51. The second-order valence-corrected chi connectivity index (χ2v) is 4.19. The number of aromatic nitrogens is 1. The molecule has 2 aromatic rings. The minimum Gasteiger partial charge on any atom is -0.451 e. The Morgan fingerprint density at radius 3 is 2.79 bits per heavy atom. The zero-order valence-corrected chi connectivity index (χ0v) is 10.8. The lowest BCUT2D eigenvalue weighted by Gasteiger charge is -2.10. The van der Waals surface area contributed by atoms with Gasteiger partial charge in [-0.2, -0.15) is 0 Å². The Bertz CT molecular complexity index is 640. The van der Waals surface area contributed by atoms with Gasteiger partial charge in [0.2, 0.25) is 5.78 Å². The number of allylic oxidation sites excluding steroid dienone is 1. The number of nitrogens with one attached hydrogen (secondary N) is 1. The zero-order chi connectivity index (χ0) is 13.8. The molecule has 0 aliphatic heterocycles. The fourth-order valence-corrected chi connectivity index (χ4v) is 1.90. The normalized spacial score (nSPS) is 12.7. The van der Waals surface area contributed by atoms with Crippen molar-refractivity contribution in [2.24, 2.45) is 0 Å². The lowest BCUT2D eigenvalue weighted by atomic mass is 10.1. The lowest BCUT2D eigenvalue weighted by molar-refractivity contribution is -0.140. The first kappa shape index (κ1) is 13.1. The van der Waals surface area contributed by atoms with E-state index in [1.807, 2.05) is 24.3 Å². The molecule has 0 amide bonds. The molecule has 0 aliphatic carbocycles. The molecule has 0 aliphatic rings. The topological polar surface area (TPSA) is 59.2 Å². The van der Waals surface area contributed by atoms with E-state index < -0.39 is 12.1 Å². The van der Waals surface area contributed by atoms with Gasteiger partial charge >= 0.3 is 5.97 Å². The van der Waals surface area contributed by atoms with Crippen LogP contribution in [0.1, 0.15) is 24.2 Å². The molecule has 98 valence electrons. The van der Waals surface area contributed by atoms with Gasteiger partial charge in [-0.15, -0.1) is 0 Å². The summed E-state index contributed by atoms with van der Waals surface area (Å²) in [6.45, 7) is 3.29. The maximum Gasteiger partial charge on any atom is 0.331 e. The maximum absolute atomic E-state index is 12.2. The van der Waals surface area contributed by atoms with Crippen molar-refractivity contribution in [3.63, 3.8) is 0 Å². The fourth-order valence-electron chi connectivity index (χ4n) is 1.90. The number of ketones is 1. The van der Waals surface area contributed by atoms with E-state index in [0.717, 1.165) is 10.9 Å². The van der Waals surface area contributed by atoms with Crippen molar-refractivity contribution in [3.8, 4) is 0 Å². The third-order valence-electron chi connectivity index (χ3n) is 2.82. The van der Waals surface area contributed by atoms with Crippen LogP contribution in [0.25, 0.3) is 10.9 Å². The summed E-state index contributed by atoms with van der Waals surface area (Å²) < 4.78 is 5.04. The highest BCUT2D eigenvalue weighted by Crippen LogP contribution is 2.19. The Kier molecular flexibility index (Phi) is 3.80. The smallest absolute Gasteiger partial charge is 0.331 e. The summed E-state index contributed by atoms with van der Waals surface area (Å²) >= 11 is 0. The minimum atomic E-state index is -0.803. The van der Waals surface area contributed by atoms with E-state index in [9.17, 15) is 9.59 Å². The molecule has 0 saturated heterocycles. The van der Waals surface area contributed by atoms with Crippen LogP contribution in [0, 0.1) is 0 Å². The van der Waals surface area contributed by atoms with Crippen molar-refractivity contribution in [1.82, 2.24) is 4.98 Å². The van der Waals surface area contributed by atoms with Gasteiger partial charge in [-0.3, -0.25) is 4.79 Å². The van der Waals surface area contributed by atoms with Gasteiger partial charge < -0.3 is 9.72 Å². The third kappa shape index (κ3) is 2.73.